The Labute approximate surface area is 601 Å². The van der Waals surface area contributed by atoms with Gasteiger partial charge in [-0.1, -0.05) is 0 Å². The summed E-state index contributed by atoms with van der Waals surface area (Å²) in [6, 6.07) is 0. The number of hydrogen-bond acceptors (Lipinski definition) is 0. The second-order valence-corrected chi connectivity index (χ2v) is 73.9. The molecule has 474 valence electrons. The number of fused-ring (bicyclic) bond motifs is 30. The summed E-state index contributed by atoms with van der Waals surface area (Å²) in [6.07, 6.45) is 7.81. The molecule has 97 unspecified atom stereocenters. The van der Waals surface area contributed by atoms with Crippen molar-refractivity contribution in [3.05, 3.63) is 152 Å². The maximum Gasteiger partial charge on any atom is -0.000000409 e. The zero-order valence-electron chi connectivity index (χ0n) is 57.5. The molecule has 0 aromatic rings. The van der Waals surface area contributed by atoms with Gasteiger partial charge >= 0.3 is 0 Å². The summed E-state index contributed by atoms with van der Waals surface area (Å²) >= 11 is 0. The summed E-state index contributed by atoms with van der Waals surface area (Å²) in [5.41, 5.74) is 81.4. The fraction of sp³-hybridized carbons (Fsp3) is 1.00. The van der Waals surface area contributed by atoms with Gasteiger partial charge in [-0.25, -0.2) is 0 Å². The smallest absolute Gasteiger partial charge is 0.000000409 e. The van der Waals surface area contributed by atoms with Crippen LogP contribution in [0.4, 0.5) is 0 Å². The van der Waals surface area contributed by atoms with Crippen molar-refractivity contribution in [1.82, 2.24) is 0 Å². The molecule has 88 fully saturated rings. The van der Waals surface area contributed by atoms with E-state index >= 15 is 0 Å². The van der Waals surface area contributed by atoms with Gasteiger partial charge in [-0.05, 0) is 606 Å². The van der Waals surface area contributed by atoms with Gasteiger partial charge in [-0.15, -0.1) is 0 Å². The van der Waals surface area contributed by atoms with Crippen molar-refractivity contribution in [2.24, 2.45) is 429 Å². The standard InChI is InChI=1S/C108H42/c1-5-13-21-29-22-14-6-2-10-19-27-33-37-38-34-28-20-12-4-8-16-24-30-23-15-7-3-11-18-26-32-36-35-31-25-17-9(1)39(5)43(13)51(21)59(29)52(22)44(14)40(6,10)48(19)57(27)63(33)67(37)68(38)64(34)58(28)50(20)42(8,12)46(16)54(24)60(30)53(23)45(15)41(7,11)49(18)56(26)62(32)66(36)65(35)61(31)55(25)47(17,39)69(43)73(51)81(59)74(52)70(44,48)78(57)85(63)89(67)90(68)86(64)80(58)72(46,50)76(54)82(60)75(53)71(45,49)79(56)84(62)88(66)87(65)83(61)77(55,69)91(73)95(81)92(74,78)98(85)103(89)104(90)100(86)94(76,80)96(82)93(75,79)99(84)102(88)101(87)97(83,91)105(95,98)107(101,103)108(102,104)106(96,99)100/h5-38H,1-4H2/t5?,6?,7?,8?,9?,10?,11?,12?,13?,14?,15?,16?,17?,18?,19?,20?,21?,22?,23?,24?,25?,26?,27?,28?,29?,30?,31?,32?,33?,34?,35-,36?,37?,38?,39?,40?,41?,42?,43?,44?,45?,46?,47?,48?,49?,50?,51?,52?,53?,54?,55?,56?,57?,58?,59?,60?,61?,62?,63?,64?,65-,66?,67+,68?,69?,70?,71?,72?,73?,74?,75?,76?,77?,78?,79?,80?,81?,82?,83?,84?,85?,86?,87-,88?,89+,90?,91?,92?,93?,94?,95?,96?,97?,98?,99?,100?,101-,102?,103+,104?,105?,106?,107?,108?/m0/s1. The first kappa shape index (κ1) is 32.5. The van der Waals surface area contributed by atoms with Crippen LogP contribution >= 0.6 is 0 Å². The highest BCUT2D eigenvalue weighted by atomic mass is 15.9. The van der Waals surface area contributed by atoms with Crippen molar-refractivity contribution in [2.75, 3.05) is 0 Å². The second kappa shape index (κ2) is 4.35. The van der Waals surface area contributed by atoms with Gasteiger partial charge in [0.2, 0.25) is 0 Å². The van der Waals surface area contributed by atoms with E-state index in [-0.39, 0.29) is 0 Å². The van der Waals surface area contributed by atoms with E-state index in [0.29, 0.717) is 0 Å². The predicted octanol–water partition coefficient (Wildman–Crippen LogP) is 8.02. The van der Waals surface area contributed by atoms with E-state index in [9.17, 15) is 0 Å². The van der Waals surface area contributed by atoms with Crippen LogP contribution in [0.1, 0.15) is 25.7 Å². The first-order valence-electron chi connectivity index (χ1n) is 53.8. The Morgan fingerprint density at radius 2 is 0.176 bits per heavy atom. The Balaban J connectivity index is 0.594. The zero-order chi connectivity index (χ0) is 57.5. The number of rotatable bonds is 0. The molecule has 70 spiro atoms. The lowest BCUT2D eigenvalue weighted by Gasteiger charge is -3.84. The van der Waals surface area contributed by atoms with Gasteiger partial charge in [0.15, 0.2) is 0 Å². The number of hydrogen-bond donors (Lipinski definition) is 0. The van der Waals surface area contributed by atoms with Crippen LogP contribution in [0.2, 0.25) is 0 Å². The minimum Gasteiger partial charge on any atom is -0.0458 e. The van der Waals surface area contributed by atoms with Gasteiger partial charge in [-0.3, -0.25) is 0 Å². The molecule has 88 saturated carbocycles. The molecule has 0 saturated heterocycles. The highest BCUT2D eigenvalue weighted by Crippen LogP contribution is 3.96. The molecule has 108 heavy (non-hydrogen) atoms. The Hall–Kier alpha value is 0. The van der Waals surface area contributed by atoms with Gasteiger partial charge < -0.3 is 0 Å². The van der Waals surface area contributed by atoms with Gasteiger partial charge in [-0.2, -0.15) is 0 Å². The van der Waals surface area contributed by atoms with E-state index in [2.05, 4.69) is 0 Å². The van der Waals surface area contributed by atoms with E-state index in [1.165, 1.54) is 396 Å². The molecule has 0 nitrogen and oxygen atoms in total. The third-order valence-electron chi connectivity index (χ3n) is 104. The van der Waals surface area contributed by atoms with Crippen LogP contribution in [0.15, 0.2) is 0 Å². The summed E-state index contributed by atoms with van der Waals surface area (Å²) in [5, 5.41) is 0. The Morgan fingerprint density at radius 3 is 0.315 bits per heavy atom. The minimum absolute atomic E-state index is 1.12. The molecule has 0 heteroatoms. The van der Waals surface area contributed by atoms with Crippen molar-refractivity contribution < 1.29 is 0 Å². The van der Waals surface area contributed by atoms with Crippen molar-refractivity contribution in [3.8, 4) is 0 Å². The van der Waals surface area contributed by atoms with E-state index in [4.69, 9.17) is 0 Å². The molecule has 0 amide bonds. The van der Waals surface area contributed by atoms with Crippen LogP contribution in [0.5, 0.6) is 0 Å². The van der Waals surface area contributed by atoms with Crippen LogP contribution in [0.25, 0.3) is 0 Å². The first-order valence-corrected chi connectivity index (χ1v) is 53.8. The van der Waals surface area contributed by atoms with Crippen LogP contribution < -0.4 is 0 Å². The molecule has 0 aromatic heterocycles. The molecule has 0 N–H and O–H groups in total. The van der Waals surface area contributed by atoms with E-state index < -0.39 is 0 Å². The van der Waals surface area contributed by atoms with E-state index in [0.717, 1.165) is 184 Å². The average Bonchev–Trinajstić information content (AvgIpc) is 0.390. The summed E-state index contributed by atoms with van der Waals surface area (Å²) in [4.78, 5) is 0. The Morgan fingerprint density at radius 1 is 0.0833 bits per heavy atom. The van der Waals surface area contributed by atoms with Gasteiger partial charge in [0.1, 0.15) is 0 Å². The van der Waals surface area contributed by atoms with Crippen LogP contribution in [-0.4, -0.2) is 0 Å². The summed E-state index contributed by atoms with van der Waals surface area (Å²) in [7, 11) is 0. The van der Waals surface area contributed by atoms with Crippen molar-refractivity contribution in [1.29, 1.82) is 0 Å². The lowest BCUT2D eigenvalue weighted by Crippen LogP contribution is -3.81. The topological polar surface area (TPSA) is 0 Å². The first-order chi connectivity index (χ1) is 53.8. The van der Waals surface area contributed by atoms with Crippen molar-refractivity contribution >= 4 is 0 Å². The molecule has 0 aliphatic heterocycles. The van der Waals surface area contributed by atoms with Crippen LogP contribution in [-0.2, 0) is 0 Å². The molecule has 88 aliphatic carbocycles. The van der Waals surface area contributed by atoms with Crippen LogP contribution in [0, 0.1) is 580 Å². The van der Waals surface area contributed by atoms with Gasteiger partial charge in [0.05, 0.1) is 0 Å². The Kier molecular flexibility index (Phi) is 1.31. The highest BCUT2D eigenvalue weighted by Gasteiger charge is 3.92. The maximum atomic E-state index is 1.95. The molecule has 0 radical (unpaired) electrons. The monoisotopic (exact) mass is 1340 g/mol. The zero-order valence-corrected chi connectivity index (χ0v) is 57.5. The van der Waals surface area contributed by atoms with Crippen molar-refractivity contribution in [3.63, 3.8) is 0 Å². The maximum absolute atomic E-state index is 1.95. The lowest BCUT2D eigenvalue weighted by atomic mass is 8.17. The quantitative estimate of drug-likeness (QED) is 0.231. The molecule has 88 rings (SSSR count). The summed E-state index contributed by atoms with van der Waals surface area (Å²) < 4.78 is 0. The molecule has 0 aromatic carbocycles. The second-order valence-electron chi connectivity index (χ2n) is 73.9. The molecule has 0 heterocycles. The summed E-state index contributed by atoms with van der Waals surface area (Å²) in [6.45, 7) is 0. The van der Waals surface area contributed by atoms with Gasteiger partial charge in [0, 0.05) is 0 Å². The molecule has 88 aliphatic rings. The molecular formula is C108H42. The fourth-order valence-corrected chi connectivity index (χ4v) is 139. The lowest BCUT2D eigenvalue weighted by molar-refractivity contribution is -1.30. The third kappa shape index (κ3) is 0.558. The average molecular weight is 1340 g/mol. The van der Waals surface area contributed by atoms with Crippen LogP contribution in [0.3, 0.4) is 0 Å². The predicted molar refractivity (Wildman–Crippen MR) is 330 cm³/mol. The van der Waals surface area contributed by atoms with E-state index in [1.54, 1.807) is 0 Å². The van der Waals surface area contributed by atoms with Gasteiger partial charge in [0.25, 0.3) is 0 Å². The third-order valence-corrected chi connectivity index (χ3v) is 104. The van der Waals surface area contributed by atoms with Crippen molar-refractivity contribution in [2.45, 2.75) is 25.7 Å². The fourth-order valence-electron chi connectivity index (χ4n) is 139. The molecule has 104 atom stereocenters. The SMILES string of the molecule is C1C2C3C4C5C6C7C8CC9C%10C%11C%12C%13[C@@H]%14C%15C%16C%17C%18CC%19C%20C%21C%22C%23C%24C%25CC%26C%27C%28C%29C%30C%31C%32C%33C%34C1C21C32C43C54C65C76C89C%107C%118C%129C%10%11C8%12C67C56C45C34C23C%341C%331C%322C78C13C41C53C6%12C%104C35C17C13C56C45C%114C%139[C@@]%147C%159C%16%10C%17%11C%19%18C%20%12C%21%13C%22%14C%23%15C%24%16C%25%26C%27%17C%28%18C%19%20C%16%17C%15%16C%14%15C%13%14C%12%11C%10%11C%14%10C%15%12C%16%19C%13%14C%12%15C%10%12C%119[C@]47[C@]%125C%156[C@]%131[C@@]14C%20%14C%29%18[C@@]%301C%312C834. The largest absolute Gasteiger partial charge is 0.0458 e. The highest BCUT2D eigenvalue weighted by molar-refractivity contribution is 6.94. The molecule has 0 bridgehead atoms. The van der Waals surface area contributed by atoms with E-state index in [1.807, 2.05) is 25.7 Å². The minimum atomic E-state index is 1.12. The Bertz CT molecular complexity index is 8480. The summed E-state index contributed by atoms with van der Waals surface area (Å²) in [5.74, 6) is 49.7. The normalized spacial score (nSPS) is 159. The molecular weight excluding hydrogens is 1300 g/mol.